The summed E-state index contributed by atoms with van der Waals surface area (Å²) < 4.78 is 21.7. The first-order valence-electron chi connectivity index (χ1n) is 12.3. The number of amides is 2. The maximum atomic E-state index is 13.7. The molecule has 0 bridgehead atoms. The van der Waals surface area contributed by atoms with E-state index in [1.165, 1.54) is 16.2 Å². The largest absolute Gasteiger partial charge is 0.497 e. The predicted molar refractivity (Wildman–Crippen MR) is 134 cm³/mol. The summed E-state index contributed by atoms with van der Waals surface area (Å²) in [7, 11) is 1.62. The lowest BCUT2D eigenvalue weighted by atomic mass is 10.0. The smallest absolute Gasteiger partial charge is 0.290 e. The van der Waals surface area contributed by atoms with E-state index in [-0.39, 0.29) is 24.1 Å². The maximum Gasteiger partial charge on any atom is 0.290 e. The Labute approximate surface area is 215 Å². The summed E-state index contributed by atoms with van der Waals surface area (Å²) in [6.07, 6.45) is 3.53. The minimum Gasteiger partial charge on any atom is -0.497 e. The molecule has 194 valence electrons. The molecule has 5 rings (SSSR count). The fourth-order valence-corrected chi connectivity index (χ4v) is 4.53. The number of hydrazone groups is 1. The Kier molecular flexibility index (Phi) is 7.67. The molecule has 0 saturated carbocycles. The van der Waals surface area contributed by atoms with Crippen molar-refractivity contribution < 1.29 is 27.9 Å². The van der Waals surface area contributed by atoms with Crippen molar-refractivity contribution in [2.75, 3.05) is 53.0 Å². The van der Waals surface area contributed by atoms with Crippen LogP contribution in [-0.2, 0) is 9.53 Å². The summed E-state index contributed by atoms with van der Waals surface area (Å²) in [5.74, 6) is 0.941. The molecule has 10 nitrogen and oxygen atoms in total. The van der Waals surface area contributed by atoms with Gasteiger partial charge >= 0.3 is 0 Å². The van der Waals surface area contributed by atoms with Gasteiger partial charge in [0.1, 0.15) is 24.1 Å². The van der Waals surface area contributed by atoms with E-state index in [0.717, 1.165) is 30.1 Å². The number of methoxy groups -OCH3 is 1. The lowest BCUT2D eigenvalue weighted by Gasteiger charge is -2.30. The molecule has 1 atom stereocenters. The van der Waals surface area contributed by atoms with Gasteiger partial charge in [-0.1, -0.05) is 0 Å². The van der Waals surface area contributed by atoms with Gasteiger partial charge in [-0.05, 0) is 54.1 Å². The van der Waals surface area contributed by atoms with E-state index in [4.69, 9.17) is 18.3 Å². The van der Waals surface area contributed by atoms with Crippen LogP contribution in [0.25, 0.3) is 0 Å². The van der Waals surface area contributed by atoms with Crippen LogP contribution in [-0.4, -0.2) is 85.4 Å². The first-order chi connectivity index (χ1) is 18.1. The predicted octanol–water partition coefficient (Wildman–Crippen LogP) is 3.03. The van der Waals surface area contributed by atoms with Crippen molar-refractivity contribution >= 4 is 17.5 Å². The molecule has 2 aliphatic rings. The molecule has 1 fully saturated rings. The Bertz CT molecular complexity index is 1200. The third kappa shape index (κ3) is 5.76. The number of morpholine rings is 1. The maximum absolute atomic E-state index is 13.7. The molecule has 10 heteroatoms. The molecule has 0 spiro atoms. The Hall–Kier alpha value is -3.89. The summed E-state index contributed by atoms with van der Waals surface area (Å²) >= 11 is 0. The molecule has 2 aromatic heterocycles. The topological polar surface area (TPSA) is 101 Å². The van der Waals surface area contributed by atoms with Gasteiger partial charge in [0.25, 0.3) is 11.8 Å². The van der Waals surface area contributed by atoms with Crippen LogP contribution in [0.1, 0.15) is 34.3 Å². The molecule has 0 N–H and O–H groups in total. The molecule has 2 amide bonds. The van der Waals surface area contributed by atoms with Gasteiger partial charge < -0.3 is 23.2 Å². The SMILES string of the molecule is COc1ccc(C2=NN(C(=O)CN(CCN3CCOCC3)C(=O)c3ccco3)[C@H](c3ccco3)C2)cc1. The zero-order chi connectivity index (χ0) is 25.6. The second-order valence-electron chi connectivity index (χ2n) is 8.91. The van der Waals surface area contributed by atoms with Gasteiger partial charge in [0.05, 0.1) is 38.6 Å². The van der Waals surface area contributed by atoms with Crippen LogP contribution < -0.4 is 4.74 Å². The fourth-order valence-electron chi connectivity index (χ4n) is 4.53. The molecule has 4 heterocycles. The molecule has 2 aliphatic heterocycles. The number of nitrogens with zero attached hydrogens (tertiary/aromatic N) is 4. The summed E-state index contributed by atoms with van der Waals surface area (Å²) in [5.41, 5.74) is 1.65. The molecule has 37 heavy (non-hydrogen) atoms. The van der Waals surface area contributed by atoms with Gasteiger partial charge in [-0.25, -0.2) is 5.01 Å². The zero-order valence-electron chi connectivity index (χ0n) is 20.7. The van der Waals surface area contributed by atoms with Crippen molar-refractivity contribution in [3.63, 3.8) is 0 Å². The fraction of sp³-hybridized carbons (Fsp3) is 0.370. The lowest BCUT2D eigenvalue weighted by molar-refractivity contribution is -0.134. The van der Waals surface area contributed by atoms with Gasteiger partial charge in [-0.2, -0.15) is 5.10 Å². The van der Waals surface area contributed by atoms with Crippen LogP contribution in [0, 0.1) is 0 Å². The number of rotatable bonds is 9. The van der Waals surface area contributed by atoms with Gasteiger partial charge in [-0.15, -0.1) is 0 Å². The van der Waals surface area contributed by atoms with Gasteiger partial charge in [0.2, 0.25) is 0 Å². The number of carbonyl (C=O) groups is 2. The molecule has 0 radical (unpaired) electrons. The molecular weight excluding hydrogens is 476 g/mol. The van der Waals surface area contributed by atoms with E-state index in [1.807, 2.05) is 30.3 Å². The Balaban J connectivity index is 1.36. The standard InChI is InChI=1S/C27H30N4O6/c1-34-21-8-6-20(7-9-21)22-18-23(24-4-2-14-36-24)31(28-22)26(32)19-30(27(33)25-5-3-15-37-25)11-10-29-12-16-35-17-13-29/h2-9,14-15,23H,10-13,16-19H2,1H3/t23-/m0/s1. The second-order valence-corrected chi connectivity index (χ2v) is 8.91. The van der Waals surface area contributed by atoms with Crippen LogP contribution in [0.4, 0.5) is 0 Å². The highest BCUT2D eigenvalue weighted by Crippen LogP contribution is 2.33. The molecule has 1 saturated heterocycles. The first kappa shape index (κ1) is 24.8. The first-order valence-corrected chi connectivity index (χ1v) is 12.3. The van der Waals surface area contributed by atoms with E-state index < -0.39 is 6.04 Å². The average molecular weight is 507 g/mol. The van der Waals surface area contributed by atoms with Crippen molar-refractivity contribution in [2.45, 2.75) is 12.5 Å². The van der Waals surface area contributed by atoms with Crippen LogP contribution in [0.5, 0.6) is 5.75 Å². The monoisotopic (exact) mass is 506 g/mol. The zero-order valence-corrected chi connectivity index (χ0v) is 20.7. The van der Waals surface area contributed by atoms with Crippen LogP contribution in [0.2, 0.25) is 0 Å². The summed E-state index contributed by atoms with van der Waals surface area (Å²) in [4.78, 5) is 30.6. The van der Waals surface area contributed by atoms with Crippen LogP contribution in [0.15, 0.2) is 75.0 Å². The van der Waals surface area contributed by atoms with Crippen molar-refractivity contribution in [1.82, 2.24) is 14.8 Å². The van der Waals surface area contributed by atoms with E-state index in [2.05, 4.69) is 10.0 Å². The number of carbonyl (C=O) groups excluding carboxylic acids is 2. The summed E-state index contributed by atoms with van der Waals surface area (Å²) in [6.45, 7) is 3.77. The molecular formula is C27H30N4O6. The number of ether oxygens (including phenoxy) is 2. The van der Waals surface area contributed by atoms with Gasteiger partial charge in [-0.3, -0.25) is 14.5 Å². The van der Waals surface area contributed by atoms with E-state index in [1.54, 1.807) is 31.6 Å². The van der Waals surface area contributed by atoms with Gasteiger partial charge in [0.15, 0.2) is 5.76 Å². The van der Waals surface area contributed by atoms with E-state index in [0.29, 0.717) is 38.5 Å². The summed E-state index contributed by atoms with van der Waals surface area (Å²) in [5, 5.41) is 6.13. The third-order valence-corrected chi connectivity index (χ3v) is 6.60. The quantitative estimate of drug-likeness (QED) is 0.440. The highest BCUT2D eigenvalue weighted by molar-refractivity contribution is 6.03. The van der Waals surface area contributed by atoms with E-state index >= 15 is 0 Å². The van der Waals surface area contributed by atoms with E-state index in [9.17, 15) is 9.59 Å². The molecule has 3 aromatic rings. The Morgan fingerprint density at radius 2 is 1.81 bits per heavy atom. The minimum atomic E-state index is -0.403. The molecule has 0 aliphatic carbocycles. The van der Waals surface area contributed by atoms with Crippen molar-refractivity contribution in [3.8, 4) is 5.75 Å². The van der Waals surface area contributed by atoms with Crippen molar-refractivity contribution in [1.29, 1.82) is 0 Å². The highest BCUT2D eigenvalue weighted by atomic mass is 16.5. The normalized spacial score (nSPS) is 18.0. The van der Waals surface area contributed by atoms with Crippen LogP contribution >= 0.6 is 0 Å². The van der Waals surface area contributed by atoms with Crippen molar-refractivity contribution in [2.24, 2.45) is 5.10 Å². The number of furan rings is 2. The lowest BCUT2D eigenvalue weighted by Crippen LogP contribution is -2.46. The highest BCUT2D eigenvalue weighted by Gasteiger charge is 2.36. The molecule has 1 aromatic carbocycles. The number of hydrogen-bond donors (Lipinski definition) is 0. The van der Waals surface area contributed by atoms with Crippen molar-refractivity contribution in [3.05, 3.63) is 78.1 Å². The molecule has 0 unspecified atom stereocenters. The minimum absolute atomic E-state index is 0.138. The Morgan fingerprint density at radius 1 is 1.05 bits per heavy atom. The average Bonchev–Trinajstić information content (AvgIpc) is 3.73. The second kappa shape index (κ2) is 11.4. The number of benzene rings is 1. The third-order valence-electron chi connectivity index (χ3n) is 6.60. The number of hydrogen-bond acceptors (Lipinski definition) is 8. The van der Waals surface area contributed by atoms with Crippen LogP contribution in [0.3, 0.4) is 0 Å². The Morgan fingerprint density at radius 3 is 2.49 bits per heavy atom. The summed E-state index contributed by atoms with van der Waals surface area (Å²) in [6, 6.07) is 14.0. The van der Waals surface area contributed by atoms with Gasteiger partial charge in [0, 0.05) is 32.6 Å².